The van der Waals surface area contributed by atoms with E-state index in [1.807, 2.05) is 13.0 Å². The number of amides is 1. The van der Waals surface area contributed by atoms with Gasteiger partial charge in [0.1, 0.15) is 0 Å². The van der Waals surface area contributed by atoms with Crippen molar-refractivity contribution >= 4 is 17.4 Å². The lowest BCUT2D eigenvalue weighted by Gasteiger charge is -2.21. The fourth-order valence-electron chi connectivity index (χ4n) is 1.75. The number of anilines is 1. The van der Waals surface area contributed by atoms with E-state index in [0.717, 1.165) is 6.42 Å². The molecule has 1 atom stereocenters. The van der Waals surface area contributed by atoms with Crippen LogP contribution < -0.4 is 10.6 Å². The Morgan fingerprint density at radius 1 is 1.47 bits per heavy atom. The molecule has 1 aromatic carbocycles. The van der Waals surface area contributed by atoms with Crippen LogP contribution in [0.4, 0.5) is 5.69 Å². The third-order valence-electron chi connectivity index (χ3n) is 3.24. The van der Waals surface area contributed by atoms with Crippen molar-refractivity contribution in [1.82, 2.24) is 0 Å². The van der Waals surface area contributed by atoms with Crippen LogP contribution in [0.3, 0.4) is 0 Å². The van der Waals surface area contributed by atoms with Gasteiger partial charge in [-0.3, -0.25) is 4.79 Å². The molecule has 1 aromatic rings. The van der Waals surface area contributed by atoms with Crippen molar-refractivity contribution in [3.8, 4) is 0 Å². The van der Waals surface area contributed by atoms with Crippen molar-refractivity contribution < 1.29 is 10.0 Å². The Hall–Kier alpha value is -2.04. The number of para-hydroxylation sites is 1. The predicted octanol–water partition coefficient (Wildman–Crippen LogP) is 2.18. The molecule has 0 aliphatic heterocycles. The van der Waals surface area contributed by atoms with Crippen molar-refractivity contribution in [2.45, 2.75) is 26.7 Å². The minimum absolute atomic E-state index is 0.00112. The second kappa shape index (κ2) is 6.78. The van der Waals surface area contributed by atoms with Gasteiger partial charge in [0.15, 0.2) is 5.84 Å². The number of nitrogens with two attached hydrogens (primary N) is 1. The second-order valence-electron chi connectivity index (χ2n) is 4.67. The van der Waals surface area contributed by atoms with Gasteiger partial charge in [0.2, 0.25) is 5.91 Å². The highest BCUT2D eigenvalue weighted by molar-refractivity contribution is 6.06. The molecule has 1 unspecified atom stereocenters. The second-order valence-corrected chi connectivity index (χ2v) is 4.67. The summed E-state index contributed by atoms with van der Waals surface area (Å²) in [6, 6.07) is 7.10. The third kappa shape index (κ3) is 3.71. The molecule has 5 heteroatoms. The summed E-state index contributed by atoms with van der Waals surface area (Å²) in [6.07, 6.45) is 1.44. The number of amidine groups is 1. The van der Waals surface area contributed by atoms with Gasteiger partial charge in [-0.15, -0.1) is 0 Å². The molecule has 0 aliphatic carbocycles. The molecule has 0 aliphatic rings. The predicted molar refractivity (Wildman–Crippen MR) is 76.4 cm³/mol. The number of nitrogens with zero attached hydrogens (tertiary/aromatic N) is 2. The summed E-state index contributed by atoms with van der Waals surface area (Å²) in [5.74, 6) is 0.359. The minimum Gasteiger partial charge on any atom is -0.409 e. The minimum atomic E-state index is -0.00112. The summed E-state index contributed by atoms with van der Waals surface area (Å²) in [7, 11) is 1.70. The van der Waals surface area contributed by atoms with Gasteiger partial charge in [0, 0.05) is 19.0 Å². The first-order valence-electron chi connectivity index (χ1n) is 6.34. The SMILES string of the molecule is CCC(C)CC(=O)N(C)c1ccccc1/C(N)=N/O. The molecule has 3 N–H and O–H groups in total. The Labute approximate surface area is 113 Å². The number of hydrogen-bond donors (Lipinski definition) is 2. The van der Waals surface area contributed by atoms with Gasteiger partial charge in [-0.25, -0.2) is 0 Å². The molecule has 0 heterocycles. The third-order valence-corrected chi connectivity index (χ3v) is 3.24. The number of benzene rings is 1. The van der Waals surface area contributed by atoms with Gasteiger partial charge < -0.3 is 15.8 Å². The molecule has 0 spiro atoms. The van der Waals surface area contributed by atoms with Gasteiger partial charge in [-0.05, 0) is 18.1 Å². The smallest absolute Gasteiger partial charge is 0.227 e. The Morgan fingerprint density at radius 2 is 2.11 bits per heavy atom. The maximum absolute atomic E-state index is 12.2. The number of rotatable bonds is 5. The molecular formula is C14H21N3O2. The molecule has 19 heavy (non-hydrogen) atoms. The van der Waals surface area contributed by atoms with Crippen molar-refractivity contribution in [3.05, 3.63) is 29.8 Å². The Bertz CT molecular complexity index is 472. The summed E-state index contributed by atoms with van der Waals surface area (Å²) < 4.78 is 0. The maximum Gasteiger partial charge on any atom is 0.227 e. The van der Waals surface area contributed by atoms with E-state index in [4.69, 9.17) is 10.9 Å². The molecule has 104 valence electrons. The van der Waals surface area contributed by atoms with Crippen molar-refractivity contribution in [2.24, 2.45) is 16.8 Å². The zero-order chi connectivity index (χ0) is 14.4. The number of hydrogen-bond acceptors (Lipinski definition) is 3. The van der Waals surface area contributed by atoms with Crippen LogP contribution in [0.5, 0.6) is 0 Å². The van der Waals surface area contributed by atoms with Crippen LogP contribution in [0, 0.1) is 5.92 Å². The summed E-state index contributed by atoms with van der Waals surface area (Å²) in [5.41, 5.74) is 6.81. The molecule has 0 aromatic heterocycles. The van der Waals surface area contributed by atoms with Crippen LogP contribution in [0.1, 0.15) is 32.3 Å². The first kappa shape index (κ1) is 15.0. The molecule has 0 saturated carbocycles. The molecule has 0 fully saturated rings. The summed E-state index contributed by atoms with van der Waals surface area (Å²) in [5, 5.41) is 11.8. The summed E-state index contributed by atoms with van der Waals surface area (Å²) in [4.78, 5) is 13.7. The van der Waals surface area contributed by atoms with E-state index in [9.17, 15) is 4.79 Å². The highest BCUT2D eigenvalue weighted by Crippen LogP contribution is 2.21. The molecule has 1 rings (SSSR count). The molecule has 0 bridgehead atoms. The van der Waals surface area contributed by atoms with Gasteiger partial charge >= 0.3 is 0 Å². The average Bonchev–Trinajstić information content (AvgIpc) is 2.45. The summed E-state index contributed by atoms with van der Waals surface area (Å²) in [6.45, 7) is 4.10. The zero-order valence-electron chi connectivity index (χ0n) is 11.6. The lowest BCUT2D eigenvalue weighted by Crippen LogP contribution is -2.30. The van der Waals surface area contributed by atoms with Crippen molar-refractivity contribution in [1.29, 1.82) is 0 Å². The topological polar surface area (TPSA) is 78.9 Å². The van der Waals surface area contributed by atoms with Crippen LogP contribution in [0.2, 0.25) is 0 Å². The Morgan fingerprint density at radius 3 is 2.68 bits per heavy atom. The monoisotopic (exact) mass is 263 g/mol. The number of carbonyl (C=O) groups excluding carboxylic acids is 1. The first-order valence-corrected chi connectivity index (χ1v) is 6.34. The Kier molecular flexibility index (Phi) is 5.36. The Balaban J connectivity index is 2.99. The fraction of sp³-hybridized carbons (Fsp3) is 0.429. The quantitative estimate of drug-likeness (QED) is 0.370. The van der Waals surface area contributed by atoms with E-state index in [1.54, 1.807) is 30.1 Å². The molecular weight excluding hydrogens is 242 g/mol. The van der Waals surface area contributed by atoms with Gasteiger partial charge in [-0.1, -0.05) is 37.6 Å². The van der Waals surface area contributed by atoms with E-state index in [0.29, 0.717) is 23.6 Å². The van der Waals surface area contributed by atoms with Crippen molar-refractivity contribution in [3.63, 3.8) is 0 Å². The average molecular weight is 263 g/mol. The van der Waals surface area contributed by atoms with Crippen LogP contribution in [0.25, 0.3) is 0 Å². The molecule has 5 nitrogen and oxygen atoms in total. The van der Waals surface area contributed by atoms with Crippen LogP contribution in [0.15, 0.2) is 29.4 Å². The van der Waals surface area contributed by atoms with E-state index in [1.165, 1.54) is 0 Å². The standard InChI is InChI=1S/C14H21N3O2/c1-4-10(2)9-13(18)17(3)12-8-6-5-7-11(12)14(15)16-19/h5-8,10,19H,4,9H2,1-3H3,(H2,15,16). The van der Waals surface area contributed by atoms with Crippen LogP contribution in [-0.4, -0.2) is 24.0 Å². The van der Waals surface area contributed by atoms with Gasteiger partial charge in [0.25, 0.3) is 0 Å². The van der Waals surface area contributed by atoms with Gasteiger partial charge in [-0.2, -0.15) is 0 Å². The number of oxime groups is 1. The first-order chi connectivity index (χ1) is 9.01. The highest BCUT2D eigenvalue weighted by Gasteiger charge is 2.17. The maximum atomic E-state index is 12.2. The highest BCUT2D eigenvalue weighted by atomic mass is 16.4. The largest absolute Gasteiger partial charge is 0.409 e. The number of carbonyl (C=O) groups is 1. The molecule has 0 radical (unpaired) electrons. The van der Waals surface area contributed by atoms with E-state index >= 15 is 0 Å². The van der Waals surface area contributed by atoms with E-state index in [2.05, 4.69) is 12.1 Å². The van der Waals surface area contributed by atoms with Crippen LogP contribution in [-0.2, 0) is 4.79 Å². The van der Waals surface area contributed by atoms with Crippen LogP contribution >= 0.6 is 0 Å². The molecule has 1 amide bonds. The van der Waals surface area contributed by atoms with Gasteiger partial charge in [0.05, 0.1) is 5.69 Å². The lowest BCUT2D eigenvalue weighted by atomic mass is 10.0. The fourth-order valence-corrected chi connectivity index (χ4v) is 1.75. The van der Waals surface area contributed by atoms with Crippen molar-refractivity contribution in [2.75, 3.05) is 11.9 Å². The summed E-state index contributed by atoms with van der Waals surface area (Å²) >= 11 is 0. The van der Waals surface area contributed by atoms with E-state index < -0.39 is 0 Å². The lowest BCUT2D eigenvalue weighted by molar-refractivity contribution is -0.119. The zero-order valence-corrected chi connectivity index (χ0v) is 11.6. The normalized spacial score (nSPS) is 13.1. The molecule has 0 saturated heterocycles. The van der Waals surface area contributed by atoms with E-state index in [-0.39, 0.29) is 11.7 Å².